The second-order valence-electron chi connectivity index (χ2n) is 6.00. The van der Waals surface area contributed by atoms with Gasteiger partial charge in [0.05, 0.1) is 20.8 Å². The third-order valence-electron chi connectivity index (χ3n) is 3.95. The summed E-state index contributed by atoms with van der Waals surface area (Å²) >= 11 is 0. The van der Waals surface area contributed by atoms with Gasteiger partial charge in [-0.3, -0.25) is 4.90 Å². The van der Waals surface area contributed by atoms with Crippen LogP contribution in [0.3, 0.4) is 0 Å². The predicted molar refractivity (Wildman–Crippen MR) is 94.4 cm³/mol. The average molecular weight is 375 g/mol. The number of hydrogen-bond acceptors (Lipinski definition) is 6. The Labute approximate surface area is 155 Å². The Morgan fingerprint density at radius 1 is 0.963 bits per heavy atom. The molecule has 0 radical (unpaired) electrons. The zero-order valence-electron chi connectivity index (χ0n) is 15.2. The lowest BCUT2D eigenvalue weighted by Gasteiger charge is -2.14. The van der Waals surface area contributed by atoms with Crippen LogP contribution in [-0.4, -0.2) is 36.3 Å². The second kappa shape index (κ2) is 8.13. The van der Waals surface area contributed by atoms with E-state index in [9.17, 15) is 8.78 Å². The normalized spacial score (nSPS) is 11.0. The fourth-order valence-corrected chi connectivity index (χ4v) is 2.65. The summed E-state index contributed by atoms with van der Waals surface area (Å²) in [7, 11) is 4.94. The summed E-state index contributed by atoms with van der Waals surface area (Å²) in [5, 5.41) is 3.98. The smallest absolute Gasteiger partial charge is 0.241 e. The number of rotatable bonds is 7. The zero-order valence-corrected chi connectivity index (χ0v) is 15.2. The van der Waals surface area contributed by atoms with Crippen molar-refractivity contribution in [3.63, 3.8) is 0 Å². The number of aromatic nitrogens is 2. The van der Waals surface area contributed by atoms with Gasteiger partial charge in [-0.15, -0.1) is 0 Å². The van der Waals surface area contributed by atoms with Crippen LogP contribution in [0.2, 0.25) is 0 Å². The first-order valence-corrected chi connectivity index (χ1v) is 8.17. The van der Waals surface area contributed by atoms with E-state index in [1.54, 1.807) is 32.4 Å². The number of benzene rings is 2. The van der Waals surface area contributed by atoms with E-state index in [1.807, 2.05) is 11.9 Å². The Morgan fingerprint density at radius 2 is 1.74 bits per heavy atom. The molecule has 0 aliphatic heterocycles. The Kier molecular flexibility index (Phi) is 5.66. The molecule has 0 spiro atoms. The van der Waals surface area contributed by atoms with Crippen molar-refractivity contribution >= 4 is 0 Å². The second-order valence-corrected chi connectivity index (χ2v) is 6.00. The maximum absolute atomic E-state index is 13.3. The number of ether oxygens (including phenoxy) is 2. The molecule has 0 aliphatic carbocycles. The number of hydrogen-bond donors (Lipinski definition) is 0. The van der Waals surface area contributed by atoms with Crippen LogP contribution in [0.5, 0.6) is 11.5 Å². The Hall–Kier alpha value is -3.00. The highest BCUT2D eigenvalue weighted by atomic mass is 19.2. The molecular formula is C19H19F2N3O3. The van der Waals surface area contributed by atoms with E-state index < -0.39 is 11.6 Å². The van der Waals surface area contributed by atoms with Crippen molar-refractivity contribution in [1.29, 1.82) is 0 Å². The van der Waals surface area contributed by atoms with E-state index in [2.05, 4.69) is 10.1 Å². The van der Waals surface area contributed by atoms with Crippen LogP contribution in [0, 0.1) is 11.6 Å². The highest BCUT2D eigenvalue weighted by Crippen LogP contribution is 2.31. The molecule has 3 aromatic rings. The average Bonchev–Trinajstić information content (AvgIpc) is 3.12. The monoisotopic (exact) mass is 375 g/mol. The molecule has 0 saturated heterocycles. The van der Waals surface area contributed by atoms with Crippen molar-refractivity contribution in [2.75, 3.05) is 21.3 Å². The van der Waals surface area contributed by atoms with Gasteiger partial charge in [0.15, 0.2) is 23.1 Å². The van der Waals surface area contributed by atoms with Gasteiger partial charge in [0, 0.05) is 12.1 Å². The first-order chi connectivity index (χ1) is 13.0. The molecule has 2 aromatic carbocycles. The van der Waals surface area contributed by atoms with Gasteiger partial charge >= 0.3 is 0 Å². The van der Waals surface area contributed by atoms with Gasteiger partial charge in [-0.2, -0.15) is 4.98 Å². The summed E-state index contributed by atoms with van der Waals surface area (Å²) in [6, 6.07) is 9.16. The first-order valence-electron chi connectivity index (χ1n) is 8.17. The van der Waals surface area contributed by atoms with Crippen molar-refractivity contribution < 1.29 is 22.8 Å². The molecule has 0 atom stereocenters. The van der Waals surface area contributed by atoms with Crippen LogP contribution < -0.4 is 9.47 Å². The third-order valence-corrected chi connectivity index (χ3v) is 3.95. The maximum atomic E-state index is 13.3. The van der Waals surface area contributed by atoms with E-state index >= 15 is 0 Å². The summed E-state index contributed by atoms with van der Waals surface area (Å²) < 4.78 is 42.1. The van der Waals surface area contributed by atoms with Crippen molar-refractivity contribution in [2.24, 2.45) is 0 Å². The maximum Gasteiger partial charge on any atom is 0.241 e. The molecule has 1 aromatic heterocycles. The summed E-state index contributed by atoms with van der Waals surface area (Å²) in [6.45, 7) is 0.768. The molecule has 0 saturated carbocycles. The molecule has 0 unspecified atom stereocenters. The highest BCUT2D eigenvalue weighted by molar-refractivity contribution is 5.60. The van der Waals surface area contributed by atoms with E-state index in [1.165, 1.54) is 12.1 Å². The van der Waals surface area contributed by atoms with Crippen LogP contribution in [0.15, 0.2) is 40.9 Å². The van der Waals surface area contributed by atoms with Crippen molar-refractivity contribution in [3.8, 4) is 22.9 Å². The van der Waals surface area contributed by atoms with Crippen LogP contribution in [-0.2, 0) is 13.1 Å². The van der Waals surface area contributed by atoms with Gasteiger partial charge in [-0.25, -0.2) is 8.78 Å². The van der Waals surface area contributed by atoms with E-state index in [0.29, 0.717) is 41.9 Å². The van der Waals surface area contributed by atoms with Crippen molar-refractivity contribution in [2.45, 2.75) is 13.1 Å². The summed E-state index contributed by atoms with van der Waals surface area (Å²) in [5.41, 5.74) is 1.38. The molecule has 3 rings (SSSR count). The fourth-order valence-electron chi connectivity index (χ4n) is 2.65. The molecule has 27 heavy (non-hydrogen) atoms. The number of methoxy groups -OCH3 is 2. The fraction of sp³-hybridized carbons (Fsp3) is 0.263. The molecule has 0 N–H and O–H groups in total. The minimum absolute atomic E-state index is 0.360. The molecule has 0 fully saturated rings. The SMILES string of the molecule is COc1ccc(-c2noc(CN(C)Cc3ccc(F)c(F)c3)n2)cc1OC. The molecule has 0 amide bonds. The lowest BCUT2D eigenvalue weighted by Crippen LogP contribution is -2.17. The van der Waals surface area contributed by atoms with Crippen LogP contribution in [0.1, 0.15) is 11.5 Å². The summed E-state index contributed by atoms with van der Waals surface area (Å²) in [4.78, 5) is 6.23. The molecular weight excluding hydrogens is 356 g/mol. The lowest BCUT2D eigenvalue weighted by atomic mass is 10.2. The summed E-state index contributed by atoms with van der Waals surface area (Å²) in [5.74, 6) is 0.275. The van der Waals surface area contributed by atoms with Crippen LogP contribution in [0.25, 0.3) is 11.4 Å². The minimum Gasteiger partial charge on any atom is -0.493 e. The quantitative estimate of drug-likeness (QED) is 0.628. The standard InChI is InChI=1S/C19H19F2N3O3/c1-24(10-12-4-6-14(20)15(21)8-12)11-18-22-19(23-27-18)13-5-7-16(25-2)17(9-13)26-3/h4-9H,10-11H2,1-3H3. The lowest BCUT2D eigenvalue weighted by molar-refractivity contribution is 0.260. The Bertz CT molecular complexity index is 930. The molecule has 142 valence electrons. The highest BCUT2D eigenvalue weighted by Gasteiger charge is 2.14. The molecule has 8 heteroatoms. The van der Waals surface area contributed by atoms with Gasteiger partial charge in [-0.05, 0) is 42.9 Å². The zero-order chi connectivity index (χ0) is 19.4. The molecule has 0 bridgehead atoms. The number of halogens is 2. The number of nitrogens with zero attached hydrogens (tertiary/aromatic N) is 3. The topological polar surface area (TPSA) is 60.6 Å². The van der Waals surface area contributed by atoms with Crippen LogP contribution >= 0.6 is 0 Å². The molecule has 0 aliphatic rings. The molecule has 6 nitrogen and oxygen atoms in total. The third kappa shape index (κ3) is 4.40. The van der Waals surface area contributed by atoms with Crippen molar-refractivity contribution in [3.05, 3.63) is 59.5 Å². The molecule has 1 heterocycles. The van der Waals surface area contributed by atoms with Crippen molar-refractivity contribution in [1.82, 2.24) is 15.0 Å². The van der Waals surface area contributed by atoms with Gasteiger partial charge in [0.1, 0.15) is 0 Å². The van der Waals surface area contributed by atoms with Gasteiger partial charge in [-0.1, -0.05) is 11.2 Å². The Balaban J connectivity index is 1.69. The largest absolute Gasteiger partial charge is 0.493 e. The summed E-state index contributed by atoms with van der Waals surface area (Å²) in [6.07, 6.45) is 0. The Morgan fingerprint density at radius 3 is 2.44 bits per heavy atom. The minimum atomic E-state index is -0.866. The predicted octanol–water partition coefficient (Wildman–Crippen LogP) is 3.66. The van der Waals surface area contributed by atoms with Crippen LogP contribution in [0.4, 0.5) is 8.78 Å². The van der Waals surface area contributed by atoms with E-state index in [0.717, 1.165) is 11.6 Å². The van der Waals surface area contributed by atoms with Gasteiger partial charge in [0.2, 0.25) is 11.7 Å². The van der Waals surface area contributed by atoms with Gasteiger partial charge in [0.25, 0.3) is 0 Å². The van der Waals surface area contributed by atoms with E-state index in [-0.39, 0.29) is 0 Å². The van der Waals surface area contributed by atoms with Gasteiger partial charge < -0.3 is 14.0 Å². The van der Waals surface area contributed by atoms with E-state index in [4.69, 9.17) is 14.0 Å². The first kappa shape index (κ1) is 18.8.